The average Bonchev–Trinajstić information content (AvgIpc) is 2.47. The molecule has 4 nitrogen and oxygen atoms in total. The molecule has 0 saturated carbocycles. The van der Waals surface area contributed by atoms with Gasteiger partial charge in [0.05, 0.1) is 4.92 Å². The Kier molecular flexibility index (Phi) is 6.99. The van der Waals surface area contributed by atoms with Crippen LogP contribution in [-0.2, 0) is 5.33 Å². The molecule has 112 valence electrons. The summed E-state index contributed by atoms with van der Waals surface area (Å²) in [4.78, 5) is 13.0. The van der Waals surface area contributed by atoms with Gasteiger partial charge in [0, 0.05) is 35.7 Å². The van der Waals surface area contributed by atoms with Crippen molar-refractivity contribution in [1.29, 1.82) is 0 Å². The molecule has 0 aliphatic rings. The molecular formula is C15H23BrN2O2. The summed E-state index contributed by atoms with van der Waals surface area (Å²) in [6.45, 7) is 8.46. The third-order valence-electron chi connectivity index (χ3n) is 3.78. The van der Waals surface area contributed by atoms with E-state index in [0.29, 0.717) is 11.2 Å². The predicted octanol–water partition coefficient (Wildman–Crippen LogP) is 4.75. The Morgan fingerprint density at radius 3 is 2.40 bits per heavy atom. The first kappa shape index (κ1) is 17.0. The second-order valence-corrected chi connectivity index (χ2v) is 5.49. The molecule has 0 unspecified atom stereocenters. The Hall–Kier alpha value is -1.10. The Labute approximate surface area is 129 Å². The van der Waals surface area contributed by atoms with Crippen molar-refractivity contribution in [2.45, 2.75) is 38.9 Å². The highest BCUT2D eigenvalue weighted by Gasteiger charge is 2.16. The molecule has 1 rings (SSSR count). The van der Waals surface area contributed by atoms with E-state index in [0.717, 1.165) is 37.2 Å². The molecule has 0 heterocycles. The number of hydrogen-bond donors (Lipinski definition) is 0. The topological polar surface area (TPSA) is 46.4 Å². The van der Waals surface area contributed by atoms with Gasteiger partial charge in [-0.25, -0.2) is 0 Å². The minimum absolute atomic E-state index is 0.184. The van der Waals surface area contributed by atoms with Crippen molar-refractivity contribution in [3.8, 4) is 0 Å². The highest BCUT2D eigenvalue weighted by atomic mass is 79.9. The van der Waals surface area contributed by atoms with E-state index in [1.807, 2.05) is 12.1 Å². The summed E-state index contributed by atoms with van der Waals surface area (Å²) in [5, 5.41) is 11.5. The third kappa shape index (κ3) is 4.20. The van der Waals surface area contributed by atoms with Crippen LogP contribution in [0.25, 0.3) is 0 Å². The van der Waals surface area contributed by atoms with Crippen molar-refractivity contribution in [3.63, 3.8) is 0 Å². The van der Waals surface area contributed by atoms with Gasteiger partial charge in [-0.2, -0.15) is 0 Å². The van der Waals surface area contributed by atoms with Crippen molar-refractivity contribution in [1.82, 2.24) is 0 Å². The molecule has 0 bridgehead atoms. The Morgan fingerprint density at radius 1 is 1.30 bits per heavy atom. The van der Waals surface area contributed by atoms with E-state index in [-0.39, 0.29) is 10.6 Å². The lowest BCUT2D eigenvalue weighted by Gasteiger charge is -2.27. The van der Waals surface area contributed by atoms with Crippen molar-refractivity contribution < 1.29 is 4.92 Å². The van der Waals surface area contributed by atoms with Gasteiger partial charge < -0.3 is 4.90 Å². The molecule has 0 fully saturated rings. The number of benzene rings is 1. The molecule has 20 heavy (non-hydrogen) atoms. The van der Waals surface area contributed by atoms with Crippen LogP contribution in [0, 0.1) is 16.0 Å². The first-order chi connectivity index (χ1) is 9.57. The standard InChI is InChI=1S/C15H23BrN2O2/c1-4-12(5-2)11-17(6-3)14-7-8-15(18(19)20)13(9-14)10-16/h7-9,12H,4-6,10-11H2,1-3H3. The number of anilines is 1. The maximum atomic E-state index is 11.0. The fraction of sp³-hybridized carbons (Fsp3) is 0.600. The monoisotopic (exact) mass is 342 g/mol. The maximum absolute atomic E-state index is 11.0. The highest BCUT2D eigenvalue weighted by molar-refractivity contribution is 9.08. The molecule has 0 aliphatic carbocycles. The van der Waals surface area contributed by atoms with E-state index in [1.54, 1.807) is 6.07 Å². The van der Waals surface area contributed by atoms with Crippen LogP contribution in [0.1, 0.15) is 39.2 Å². The number of alkyl halides is 1. The fourth-order valence-electron chi connectivity index (χ4n) is 2.33. The zero-order valence-corrected chi connectivity index (χ0v) is 14.0. The van der Waals surface area contributed by atoms with Gasteiger partial charge in [0.1, 0.15) is 0 Å². The van der Waals surface area contributed by atoms with Gasteiger partial charge in [0.2, 0.25) is 0 Å². The zero-order chi connectivity index (χ0) is 15.1. The van der Waals surface area contributed by atoms with Gasteiger partial charge >= 0.3 is 0 Å². The maximum Gasteiger partial charge on any atom is 0.273 e. The van der Waals surface area contributed by atoms with Crippen LogP contribution in [-0.4, -0.2) is 18.0 Å². The summed E-state index contributed by atoms with van der Waals surface area (Å²) in [6, 6.07) is 5.40. The summed E-state index contributed by atoms with van der Waals surface area (Å²) >= 11 is 3.34. The van der Waals surface area contributed by atoms with E-state index in [9.17, 15) is 10.1 Å². The van der Waals surface area contributed by atoms with Gasteiger partial charge in [0.25, 0.3) is 5.69 Å². The lowest BCUT2D eigenvalue weighted by atomic mass is 10.0. The minimum Gasteiger partial charge on any atom is -0.372 e. The minimum atomic E-state index is -0.322. The van der Waals surface area contributed by atoms with E-state index >= 15 is 0 Å². The quantitative estimate of drug-likeness (QED) is 0.389. The van der Waals surface area contributed by atoms with Crippen molar-refractivity contribution in [2.24, 2.45) is 5.92 Å². The van der Waals surface area contributed by atoms with Crippen LogP contribution in [0.15, 0.2) is 18.2 Å². The van der Waals surface area contributed by atoms with E-state index in [1.165, 1.54) is 0 Å². The third-order valence-corrected chi connectivity index (χ3v) is 4.39. The highest BCUT2D eigenvalue weighted by Crippen LogP contribution is 2.27. The zero-order valence-electron chi connectivity index (χ0n) is 12.4. The first-order valence-electron chi connectivity index (χ1n) is 7.15. The van der Waals surface area contributed by atoms with Crippen LogP contribution in [0.3, 0.4) is 0 Å². The number of halogens is 1. The van der Waals surface area contributed by atoms with Crippen molar-refractivity contribution in [2.75, 3.05) is 18.0 Å². The number of nitrogens with zero attached hydrogens (tertiary/aromatic N) is 2. The second kappa shape index (κ2) is 8.25. The molecular weight excluding hydrogens is 320 g/mol. The Bertz CT molecular complexity index is 447. The largest absolute Gasteiger partial charge is 0.372 e. The Balaban J connectivity index is 3.01. The first-order valence-corrected chi connectivity index (χ1v) is 8.27. The molecule has 1 aromatic carbocycles. The van der Waals surface area contributed by atoms with Crippen molar-refractivity contribution in [3.05, 3.63) is 33.9 Å². The van der Waals surface area contributed by atoms with Gasteiger partial charge in [-0.3, -0.25) is 10.1 Å². The van der Waals surface area contributed by atoms with E-state index in [4.69, 9.17) is 0 Å². The van der Waals surface area contributed by atoms with Crippen LogP contribution in [0.5, 0.6) is 0 Å². The van der Waals surface area contributed by atoms with Crippen LogP contribution in [0.2, 0.25) is 0 Å². The molecule has 1 aromatic rings. The SMILES string of the molecule is CCC(CC)CN(CC)c1ccc([N+](=O)[O-])c(CBr)c1. The van der Waals surface area contributed by atoms with Gasteiger partial charge in [-0.15, -0.1) is 0 Å². The molecule has 0 radical (unpaired) electrons. The lowest BCUT2D eigenvalue weighted by molar-refractivity contribution is -0.385. The van der Waals surface area contributed by atoms with Crippen LogP contribution < -0.4 is 4.90 Å². The van der Waals surface area contributed by atoms with Gasteiger partial charge in [0.15, 0.2) is 0 Å². The fourth-order valence-corrected chi connectivity index (χ4v) is 2.78. The van der Waals surface area contributed by atoms with Crippen molar-refractivity contribution >= 4 is 27.3 Å². The average molecular weight is 343 g/mol. The summed E-state index contributed by atoms with van der Waals surface area (Å²) in [7, 11) is 0. The van der Waals surface area contributed by atoms with Crippen LogP contribution >= 0.6 is 15.9 Å². The molecule has 0 spiro atoms. The summed E-state index contributed by atoms with van der Waals surface area (Å²) in [5.74, 6) is 0.664. The molecule has 5 heteroatoms. The molecule has 0 aromatic heterocycles. The molecule has 0 aliphatic heterocycles. The van der Waals surface area contributed by atoms with E-state index in [2.05, 4.69) is 41.6 Å². The molecule has 0 amide bonds. The number of rotatable bonds is 8. The molecule has 0 N–H and O–H groups in total. The number of hydrogen-bond acceptors (Lipinski definition) is 3. The predicted molar refractivity (Wildman–Crippen MR) is 87.7 cm³/mol. The number of nitro benzene ring substituents is 1. The van der Waals surface area contributed by atoms with Gasteiger partial charge in [-0.1, -0.05) is 42.6 Å². The van der Waals surface area contributed by atoms with E-state index < -0.39 is 0 Å². The second-order valence-electron chi connectivity index (χ2n) is 4.92. The molecule has 0 saturated heterocycles. The smallest absolute Gasteiger partial charge is 0.273 e. The summed E-state index contributed by atoms with van der Waals surface area (Å²) in [6.07, 6.45) is 2.32. The van der Waals surface area contributed by atoms with Gasteiger partial charge in [-0.05, 0) is 25.0 Å². The summed E-state index contributed by atoms with van der Waals surface area (Å²) < 4.78 is 0. The normalized spacial score (nSPS) is 10.8. The molecule has 0 atom stereocenters. The van der Waals surface area contributed by atoms with Crippen LogP contribution in [0.4, 0.5) is 11.4 Å². The number of nitro groups is 1. The lowest BCUT2D eigenvalue weighted by Crippen LogP contribution is -2.29. The Morgan fingerprint density at radius 2 is 1.95 bits per heavy atom. The summed E-state index contributed by atoms with van der Waals surface area (Å²) in [5.41, 5.74) is 1.99.